The molecule has 122 valence electrons. The summed E-state index contributed by atoms with van der Waals surface area (Å²) in [6, 6.07) is 7.89. The van der Waals surface area contributed by atoms with Gasteiger partial charge in [0.2, 0.25) is 5.91 Å². The van der Waals surface area contributed by atoms with Crippen LogP contribution in [0.4, 0.5) is 5.82 Å². The first kappa shape index (κ1) is 15.7. The van der Waals surface area contributed by atoms with Crippen molar-refractivity contribution in [3.63, 3.8) is 0 Å². The number of unbranched alkanes of at least 4 members (excludes halogenated alkanes) is 1. The van der Waals surface area contributed by atoms with Crippen molar-refractivity contribution in [3.8, 4) is 0 Å². The third-order valence-electron chi connectivity index (χ3n) is 4.56. The lowest BCUT2D eigenvalue weighted by molar-refractivity contribution is -0.131. The summed E-state index contributed by atoms with van der Waals surface area (Å²) in [5.41, 5.74) is 0.926. The van der Waals surface area contributed by atoms with E-state index in [1.54, 1.807) is 6.33 Å². The first-order chi connectivity index (χ1) is 11.2. The number of rotatable bonds is 5. The quantitative estimate of drug-likeness (QED) is 0.852. The summed E-state index contributed by atoms with van der Waals surface area (Å²) >= 11 is 0. The number of hydrogen-bond acceptors (Lipinski definition) is 4. The Kier molecular flexibility index (Phi) is 4.74. The van der Waals surface area contributed by atoms with Crippen molar-refractivity contribution in [3.05, 3.63) is 30.6 Å². The lowest BCUT2D eigenvalue weighted by Gasteiger charge is -2.29. The third-order valence-corrected chi connectivity index (χ3v) is 4.56. The monoisotopic (exact) mass is 312 g/mol. The molecule has 3 rings (SSSR count). The number of amides is 1. The third kappa shape index (κ3) is 3.14. The van der Waals surface area contributed by atoms with Crippen molar-refractivity contribution in [2.75, 3.05) is 25.0 Å². The number of likely N-dealkylation sites (N-methyl/N-ethyl adjacent to an activating group) is 1. The van der Waals surface area contributed by atoms with Crippen molar-refractivity contribution in [1.82, 2.24) is 14.9 Å². The van der Waals surface area contributed by atoms with Gasteiger partial charge in [0, 0.05) is 25.5 Å². The van der Waals surface area contributed by atoms with E-state index in [0.717, 1.165) is 55.5 Å². The van der Waals surface area contributed by atoms with Crippen LogP contribution in [0.3, 0.4) is 0 Å². The summed E-state index contributed by atoms with van der Waals surface area (Å²) in [7, 11) is 1.91. The molecular formula is C18H24N4O. The van der Waals surface area contributed by atoms with E-state index in [1.807, 2.05) is 36.2 Å². The second kappa shape index (κ2) is 6.94. The molecule has 1 unspecified atom stereocenters. The fourth-order valence-electron chi connectivity index (χ4n) is 3.26. The van der Waals surface area contributed by atoms with Crippen LogP contribution >= 0.6 is 0 Å². The van der Waals surface area contributed by atoms with Gasteiger partial charge in [-0.25, -0.2) is 9.97 Å². The van der Waals surface area contributed by atoms with Gasteiger partial charge in [-0.15, -0.1) is 0 Å². The van der Waals surface area contributed by atoms with E-state index < -0.39 is 0 Å². The van der Waals surface area contributed by atoms with Crippen molar-refractivity contribution in [2.45, 2.75) is 38.6 Å². The second-order valence-corrected chi connectivity index (χ2v) is 6.18. The van der Waals surface area contributed by atoms with Gasteiger partial charge in [0.15, 0.2) is 0 Å². The van der Waals surface area contributed by atoms with Gasteiger partial charge in [-0.05, 0) is 31.4 Å². The molecule has 1 fully saturated rings. The molecule has 5 nitrogen and oxygen atoms in total. The summed E-state index contributed by atoms with van der Waals surface area (Å²) in [4.78, 5) is 25.7. The SMILES string of the molecule is CCCCN(C)C(=O)C1CCCN1c1ncnc2ccccc12. The molecule has 1 saturated heterocycles. The molecule has 5 heteroatoms. The standard InChI is InChI=1S/C18H24N4O/c1-3-4-11-21(2)18(23)16-10-7-12-22(16)17-14-8-5-6-9-15(14)19-13-20-17/h5-6,8-9,13,16H,3-4,7,10-12H2,1-2H3. The molecule has 0 saturated carbocycles. The van der Waals surface area contributed by atoms with Crippen LogP contribution in [0, 0.1) is 0 Å². The molecule has 1 aliphatic heterocycles. The molecule has 0 spiro atoms. The number of anilines is 1. The number of carbonyl (C=O) groups is 1. The molecule has 0 bridgehead atoms. The highest BCUT2D eigenvalue weighted by molar-refractivity contribution is 5.93. The van der Waals surface area contributed by atoms with Crippen molar-refractivity contribution in [1.29, 1.82) is 0 Å². The second-order valence-electron chi connectivity index (χ2n) is 6.18. The Balaban J connectivity index is 1.87. The van der Waals surface area contributed by atoms with Crippen molar-refractivity contribution < 1.29 is 4.79 Å². The van der Waals surface area contributed by atoms with Crippen LogP contribution in [0.5, 0.6) is 0 Å². The molecule has 0 aliphatic carbocycles. The summed E-state index contributed by atoms with van der Waals surface area (Å²) in [5.74, 6) is 1.09. The van der Waals surface area contributed by atoms with Gasteiger partial charge in [-0.3, -0.25) is 4.79 Å². The molecule has 0 radical (unpaired) electrons. The summed E-state index contributed by atoms with van der Waals surface area (Å²) in [5, 5.41) is 1.02. The molecule has 1 aromatic heterocycles. The normalized spacial score (nSPS) is 17.7. The Hall–Kier alpha value is -2.17. The summed E-state index contributed by atoms with van der Waals surface area (Å²) < 4.78 is 0. The highest BCUT2D eigenvalue weighted by atomic mass is 16.2. The lowest BCUT2D eigenvalue weighted by atomic mass is 10.1. The van der Waals surface area contributed by atoms with Crippen LogP contribution in [-0.4, -0.2) is 47.0 Å². The number of fused-ring (bicyclic) bond motifs is 1. The predicted molar refractivity (Wildman–Crippen MR) is 92.5 cm³/mol. The molecule has 23 heavy (non-hydrogen) atoms. The maximum atomic E-state index is 12.8. The average Bonchev–Trinajstić information content (AvgIpc) is 3.07. The predicted octanol–water partition coefficient (Wildman–Crippen LogP) is 2.86. The van der Waals surface area contributed by atoms with E-state index >= 15 is 0 Å². The molecular weight excluding hydrogens is 288 g/mol. The van der Waals surface area contributed by atoms with Gasteiger partial charge in [-0.2, -0.15) is 0 Å². The molecule has 1 aliphatic rings. The molecule has 2 heterocycles. The number of nitrogens with zero attached hydrogens (tertiary/aromatic N) is 4. The van der Waals surface area contributed by atoms with Crippen LogP contribution in [0.1, 0.15) is 32.6 Å². The molecule has 0 N–H and O–H groups in total. The minimum absolute atomic E-state index is 0.102. The zero-order valence-corrected chi connectivity index (χ0v) is 13.9. The fraction of sp³-hybridized carbons (Fsp3) is 0.500. The highest BCUT2D eigenvalue weighted by Crippen LogP contribution is 2.30. The van der Waals surface area contributed by atoms with Crippen molar-refractivity contribution in [2.24, 2.45) is 0 Å². The Bertz CT molecular complexity index is 682. The number of benzene rings is 1. The minimum atomic E-state index is -0.102. The van der Waals surface area contributed by atoms with E-state index in [-0.39, 0.29) is 11.9 Å². The zero-order chi connectivity index (χ0) is 16.2. The van der Waals surface area contributed by atoms with Crippen LogP contribution < -0.4 is 4.90 Å². The lowest BCUT2D eigenvalue weighted by Crippen LogP contribution is -2.44. The van der Waals surface area contributed by atoms with Crippen molar-refractivity contribution >= 4 is 22.6 Å². The maximum absolute atomic E-state index is 12.8. The largest absolute Gasteiger partial charge is 0.344 e. The van der Waals surface area contributed by atoms with Gasteiger partial charge >= 0.3 is 0 Å². The Morgan fingerprint density at radius 3 is 3.00 bits per heavy atom. The smallest absolute Gasteiger partial charge is 0.245 e. The Labute approximate surface area is 137 Å². The van der Waals surface area contributed by atoms with E-state index in [0.29, 0.717) is 0 Å². The number of aromatic nitrogens is 2. The first-order valence-corrected chi connectivity index (χ1v) is 8.43. The zero-order valence-electron chi connectivity index (χ0n) is 13.9. The van der Waals surface area contributed by atoms with Crippen LogP contribution in [0.2, 0.25) is 0 Å². The molecule has 1 aromatic carbocycles. The van der Waals surface area contributed by atoms with Crippen LogP contribution in [0.15, 0.2) is 30.6 Å². The van der Waals surface area contributed by atoms with Crippen LogP contribution in [0.25, 0.3) is 10.9 Å². The molecule has 2 aromatic rings. The Morgan fingerprint density at radius 1 is 1.35 bits per heavy atom. The van der Waals surface area contributed by atoms with Gasteiger partial charge in [0.05, 0.1) is 5.52 Å². The highest BCUT2D eigenvalue weighted by Gasteiger charge is 2.34. The topological polar surface area (TPSA) is 49.3 Å². The van der Waals surface area contributed by atoms with E-state index in [4.69, 9.17) is 0 Å². The molecule has 1 amide bonds. The average molecular weight is 312 g/mol. The number of para-hydroxylation sites is 1. The van der Waals surface area contributed by atoms with E-state index in [2.05, 4.69) is 21.8 Å². The number of carbonyl (C=O) groups excluding carboxylic acids is 1. The summed E-state index contributed by atoms with van der Waals surface area (Å²) in [6.45, 7) is 3.84. The minimum Gasteiger partial charge on any atom is -0.344 e. The Morgan fingerprint density at radius 2 is 2.17 bits per heavy atom. The van der Waals surface area contributed by atoms with Gasteiger partial charge in [0.25, 0.3) is 0 Å². The summed E-state index contributed by atoms with van der Waals surface area (Å²) in [6.07, 6.45) is 5.66. The fourth-order valence-corrected chi connectivity index (χ4v) is 3.26. The van der Waals surface area contributed by atoms with E-state index in [1.165, 1.54) is 0 Å². The van der Waals surface area contributed by atoms with Crippen LogP contribution in [-0.2, 0) is 4.79 Å². The van der Waals surface area contributed by atoms with Gasteiger partial charge < -0.3 is 9.80 Å². The maximum Gasteiger partial charge on any atom is 0.245 e. The van der Waals surface area contributed by atoms with Gasteiger partial charge in [-0.1, -0.05) is 25.5 Å². The van der Waals surface area contributed by atoms with E-state index in [9.17, 15) is 4.79 Å². The number of hydrogen-bond donors (Lipinski definition) is 0. The first-order valence-electron chi connectivity index (χ1n) is 8.43. The molecule has 1 atom stereocenters. The van der Waals surface area contributed by atoms with Gasteiger partial charge in [0.1, 0.15) is 18.2 Å².